The Labute approximate surface area is 99.0 Å². The molecule has 1 unspecified atom stereocenters. The van der Waals surface area contributed by atoms with Crippen LogP contribution in [0.1, 0.15) is 29.9 Å². The average molecular weight is 241 g/mol. The summed E-state index contributed by atoms with van der Waals surface area (Å²) in [6.07, 6.45) is 0. The van der Waals surface area contributed by atoms with Crippen molar-refractivity contribution in [3.8, 4) is 0 Å². The van der Waals surface area contributed by atoms with Crippen molar-refractivity contribution < 1.29 is 9.59 Å². The Morgan fingerprint density at radius 2 is 2.06 bits per heavy atom. The number of Topliss-reactive ketones (excluding diaryl/α,β-unsaturated/α-hetero) is 1. The monoisotopic (exact) mass is 240 g/mol. The van der Waals surface area contributed by atoms with Gasteiger partial charge in [-0.1, -0.05) is 11.6 Å². The van der Waals surface area contributed by atoms with Gasteiger partial charge in [-0.15, -0.1) is 0 Å². The van der Waals surface area contributed by atoms with Crippen LogP contribution in [-0.4, -0.2) is 22.7 Å². The molecule has 1 aromatic heterocycles. The summed E-state index contributed by atoms with van der Waals surface area (Å²) >= 11 is 5.83. The number of ketones is 1. The predicted molar refractivity (Wildman–Crippen MR) is 61.6 cm³/mol. The minimum absolute atomic E-state index is 0.107. The van der Waals surface area contributed by atoms with E-state index in [2.05, 4.69) is 10.3 Å². The molecule has 0 aliphatic carbocycles. The molecule has 0 bridgehead atoms. The van der Waals surface area contributed by atoms with E-state index in [1.165, 1.54) is 6.92 Å². The molecular formula is C11H13ClN2O2. The van der Waals surface area contributed by atoms with Gasteiger partial charge in [0.05, 0.1) is 11.6 Å². The fourth-order valence-corrected chi connectivity index (χ4v) is 1.35. The zero-order valence-electron chi connectivity index (χ0n) is 9.37. The highest BCUT2D eigenvalue weighted by atomic mass is 35.5. The number of hydrogen-bond acceptors (Lipinski definition) is 3. The number of aryl methyl sites for hydroxylation is 1. The molecule has 0 fully saturated rings. The molecule has 0 aromatic carbocycles. The zero-order chi connectivity index (χ0) is 12.3. The number of carbonyl (C=O) groups is 2. The Morgan fingerprint density at radius 1 is 1.44 bits per heavy atom. The number of nitrogens with one attached hydrogen (secondary N) is 1. The van der Waals surface area contributed by atoms with Crippen LogP contribution in [0.2, 0.25) is 5.15 Å². The molecule has 1 atom stereocenters. The molecule has 86 valence electrons. The zero-order valence-corrected chi connectivity index (χ0v) is 10.1. The number of hydrogen-bond donors (Lipinski definition) is 1. The molecule has 5 heteroatoms. The third-order valence-corrected chi connectivity index (χ3v) is 2.48. The second-order valence-corrected chi connectivity index (χ2v) is 3.95. The van der Waals surface area contributed by atoms with Crippen LogP contribution >= 0.6 is 11.6 Å². The van der Waals surface area contributed by atoms with Crippen molar-refractivity contribution in [2.75, 3.05) is 0 Å². The van der Waals surface area contributed by atoms with Crippen molar-refractivity contribution in [2.24, 2.45) is 0 Å². The van der Waals surface area contributed by atoms with Gasteiger partial charge in [0.2, 0.25) is 0 Å². The number of pyridine rings is 1. The van der Waals surface area contributed by atoms with E-state index in [0.29, 0.717) is 0 Å². The van der Waals surface area contributed by atoms with E-state index in [4.69, 9.17) is 11.6 Å². The maximum Gasteiger partial charge on any atom is 0.254 e. The van der Waals surface area contributed by atoms with E-state index in [0.717, 1.165) is 5.69 Å². The number of carbonyl (C=O) groups excluding carboxylic acids is 2. The highest BCUT2D eigenvalue weighted by molar-refractivity contribution is 6.32. The van der Waals surface area contributed by atoms with Gasteiger partial charge in [0, 0.05) is 5.69 Å². The van der Waals surface area contributed by atoms with E-state index < -0.39 is 6.04 Å². The number of rotatable bonds is 3. The lowest BCUT2D eigenvalue weighted by Gasteiger charge is -2.11. The molecule has 16 heavy (non-hydrogen) atoms. The van der Waals surface area contributed by atoms with Gasteiger partial charge in [0.25, 0.3) is 5.91 Å². The molecule has 1 amide bonds. The van der Waals surface area contributed by atoms with E-state index in [1.807, 2.05) is 0 Å². The van der Waals surface area contributed by atoms with Gasteiger partial charge < -0.3 is 5.32 Å². The summed E-state index contributed by atoms with van der Waals surface area (Å²) in [5, 5.41) is 2.69. The van der Waals surface area contributed by atoms with E-state index >= 15 is 0 Å². The summed E-state index contributed by atoms with van der Waals surface area (Å²) < 4.78 is 0. The second-order valence-electron chi connectivity index (χ2n) is 3.60. The molecule has 1 rings (SSSR count). The first-order chi connectivity index (χ1) is 7.41. The largest absolute Gasteiger partial charge is 0.342 e. The molecule has 1 aromatic rings. The molecule has 0 saturated heterocycles. The minimum Gasteiger partial charge on any atom is -0.342 e. The lowest BCUT2D eigenvalue weighted by molar-refractivity contribution is -0.118. The third-order valence-electron chi connectivity index (χ3n) is 2.19. The normalized spacial score (nSPS) is 12.0. The van der Waals surface area contributed by atoms with Gasteiger partial charge in [-0.25, -0.2) is 4.98 Å². The first-order valence-corrected chi connectivity index (χ1v) is 5.24. The Balaban J connectivity index is 2.85. The van der Waals surface area contributed by atoms with Crippen LogP contribution in [0.4, 0.5) is 0 Å². The first kappa shape index (κ1) is 12.6. The van der Waals surface area contributed by atoms with Crippen LogP contribution in [0.5, 0.6) is 0 Å². The number of nitrogens with zero attached hydrogens (tertiary/aromatic N) is 1. The Kier molecular flexibility index (Phi) is 4.01. The van der Waals surface area contributed by atoms with Gasteiger partial charge in [-0.05, 0) is 32.9 Å². The summed E-state index contributed by atoms with van der Waals surface area (Å²) in [4.78, 5) is 26.7. The molecule has 0 aliphatic rings. The maximum atomic E-state index is 11.7. The van der Waals surface area contributed by atoms with Crippen LogP contribution in [0, 0.1) is 6.92 Å². The fourth-order valence-electron chi connectivity index (χ4n) is 1.07. The van der Waals surface area contributed by atoms with Crippen molar-refractivity contribution in [3.63, 3.8) is 0 Å². The predicted octanol–water partition coefficient (Wildman–Crippen LogP) is 1.75. The average Bonchev–Trinajstić information content (AvgIpc) is 2.16. The summed E-state index contributed by atoms with van der Waals surface area (Å²) in [6, 6.07) is 2.76. The van der Waals surface area contributed by atoms with Crippen molar-refractivity contribution in [2.45, 2.75) is 26.8 Å². The summed E-state index contributed by atoms with van der Waals surface area (Å²) in [7, 11) is 0. The van der Waals surface area contributed by atoms with Crippen LogP contribution < -0.4 is 5.32 Å². The van der Waals surface area contributed by atoms with Crippen LogP contribution in [0.25, 0.3) is 0 Å². The Bertz CT molecular complexity index is 432. The van der Waals surface area contributed by atoms with Crippen LogP contribution in [0.3, 0.4) is 0 Å². The highest BCUT2D eigenvalue weighted by Crippen LogP contribution is 2.13. The molecule has 0 saturated carbocycles. The molecule has 0 spiro atoms. The van der Waals surface area contributed by atoms with Crippen molar-refractivity contribution >= 4 is 23.3 Å². The van der Waals surface area contributed by atoms with Gasteiger partial charge in [0.15, 0.2) is 5.78 Å². The van der Waals surface area contributed by atoms with Gasteiger partial charge >= 0.3 is 0 Å². The smallest absolute Gasteiger partial charge is 0.254 e. The fraction of sp³-hybridized carbons (Fsp3) is 0.364. The first-order valence-electron chi connectivity index (χ1n) is 4.86. The van der Waals surface area contributed by atoms with Crippen LogP contribution in [-0.2, 0) is 4.79 Å². The second kappa shape index (κ2) is 5.07. The standard InChI is InChI=1S/C11H13ClN2O2/c1-6-4-5-9(10(12)13-6)11(16)14-7(2)8(3)15/h4-5,7H,1-3H3,(H,14,16). The Morgan fingerprint density at radius 3 is 2.56 bits per heavy atom. The number of halogens is 1. The highest BCUT2D eigenvalue weighted by Gasteiger charge is 2.15. The van der Waals surface area contributed by atoms with Gasteiger partial charge in [-0.3, -0.25) is 9.59 Å². The van der Waals surface area contributed by atoms with E-state index in [1.54, 1.807) is 26.0 Å². The number of amides is 1. The molecular weight excluding hydrogens is 228 g/mol. The Hall–Kier alpha value is -1.42. The molecule has 0 radical (unpaired) electrons. The molecule has 0 aliphatic heterocycles. The van der Waals surface area contributed by atoms with Crippen molar-refractivity contribution in [3.05, 3.63) is 28.5 Å². The third kappa shape index (κ3) is 3.03. The van der Waals surface area contributed by atoms with Crippen LogP contribution in [0.15, 0.2) is 12.1 Å². The topological polar surface area (TPSA) is 59.1 Å². The van der Waals surface area contributed by atoms with Crippen molar-refractivity contribution in [1.82, 2.24) is 10.3 Å². The summed E-state index contributed by atoms with van der Waals surface area (Å²) in [6.45, 7) is 4.82. The SMILES string of the molecule is CC(=O)C(C)NC(=O)c1ccc(C)nc1Cl. The lowest BCUT2D eigenvalue weighted by Crippen LogP contribution is -2.37. The quantitative estimate of drug-likeness (QED) is 0.819. The van der Waals surface area contributed by atoms with Gasteiger partial charge in [-0.2, -0.15) is 0 Å². The number of aromatic nitrogens is 1. The van der Waals surface area contributed by atoms with Crippen molar-refractivity contribution in [1.29, 1.82) is 0 Å². The van der Waals surface area contributed by atoms with E-state index in [-0.39, 0.29) is 22.4 Å². The molecule has 4 nitrogen and oxygen atoms in total. The minimum atomic E-state index is -0.523. The molecule has 1 N–H and O–H groups in total. The summed E-state index contributed by atoms with van der Waals surface area (Å²) in [5.74, 6) is -0.496. The summed E-state index contributed by atoms with van der Waals surface area (Å²) in [5.41, 5.74) is 1.02. The van der Waals surface area contributed by atoms with E-state index in [9.17, 15) is 9.59 Å². The lowest BCUT2D eigenvalue weighted by atomic mass is 10.2. The maximum absolute atomic E-state index is 11.7. The molecule has 1 heterocycles. The van der Waals surface area contributed by atoms with Gasteiger partial charge in [0.1, 0.15) is 5.15 Å².